The molecule has 1 fully saturated rings. The van der Waals surface area contributed by atoms with Gasteiger partial charge in [0, 0.05) is 30.0 Å². The molecule has 1 saturated carbocycles. The summed E-state index contributed by atoms with van der Waals surface area (Å²) in [7, 11) is 1.62. The summed E-state index contributed by atoms with van der Waals surface area (Å²) in [5.41, 5.74) is 2.20. The van der Waals surface area contributed by atoms with Crippen LogP contribution < -0.4 is 4.74 Å². The fraction of sp³-hybridized carbons (Fsp3) is 0.364. The lowest BCUT2D eigenvalue weighted by Crippen LogP contribution is -2.38. The van der Waals surface area contributed by atoms with Crippen LogP contribution in [-0.4, -0.2) is 36.3 Å². The number of methoxy groups -OCH3 is 1. The van der Waals surface area contributed by atoms with Crippen molar-refractivity contribution in [3.05, 3.63) is 65.5 Å². The summed E-state index contributed by atoms with van der Waals surface area (Å²) < 4.78 is 19.5. The molecular formula is C22H23FN2O3. The van der Waals surface area contributed by atoms with Gasteiger partial charge >= 0.3 is 0 Å². The van der Waals surface area contributed by atoms with Gasteiger partial charge in [0.15, 0.2) is 6.10 Å². The number of carbonyl (C=O) groups excluding carboxylic acids is 1. The molecule has 0 spiro atoms. The maximum Gasteiger partial charge on any atom is 0.226 e. The average Bonchev–Trinajstić information content (AvgIpc) is 3.47. The Morgan fingerprint density at radius 3 is 2.71 bits per heavy atom. The van der Waals surface area contributed by atoms with Crippen LogP contribution in [0.25, 0.3) is 0 Å². The van der Waals surface area contributed by atoms with Crippen LogP contribution >= 0.6 is 0 Å². The Bertz CT molecular complexity index is 895. The van der Waals surface area contributed by atoms with Gasteiger partial charge in [-0.15, -0.1) is 0 Å². The molecular weight excluding hydrogens is 359 g/mol. The summed E-state index contributed by atoms with van der Waals surface area (Å²) in [5, 5.41) is 4.22. The van der Waals surface area contributed by atoms with Gasteiger partial charge in [-0.25, -0.2) is 4.39 Å². The van der Waals surface area contributed by atoms with Crippen LogP contribution in [0.2, 0.25) is 0 Å². The number of carbonyl (C=O) groups is 1. The number of rotatable bonds is 7. The van der Waals surface area contributed by atoms with E-state index in [1.807, 2.05) is 24.3 Å². The second-order valence-corrected chi connectivity index (χ2v) is 7.25. The lowest BCUT2D eigenvalue weighted by atomic mass is 10.0. The minimum atomic E-state index is -0.297. The summed E-state index contributed by atoms with van der Waals surface area (Å²) >= 11 is 0. The molecule has 5 nitrogen and oxygen atoms in total. The van der Waals surface area contributed by atoms with E-state index in [2.05, 4.69) is 5.16 Å². The maximum atomic E-state index is 14.1. The van der Waals surface area contributed by atoms with Crippen molar-refractivity contribution in [1.29, 1.82) is 0 Å². The first-order chi connectivity index (χ1) is 13.7. The molecule has 0 bridgehead atoms. The molecule has 1 aliphatic heterocycles. The zero-order chi connectivity index (χ0) is 19.5. The van der Waals surface area contributed by atoms with E-state index in [4.69, 9.17) is 9.57 Å². The topological polar surface area (TPSA) is 51.1 Å². The number of para-hydroxylation sites is 1. The van der Waals surface area contributed by atoms with E-state index in [0.717, 1.165) is 29.9 Å². The highest BCUT2D eigenvalue weighted by Crippen LogP contribution is 2.32. The molecule has 4 rings (SSSR count). The third kappa shape index (κ3) is 4.01. The average molecular weight is 382 g/mol. The Balaban J connectivity index is 1.46. The zero-order valence-electron chi connectivity index (χ0n) is 15.8. The Labute approximate surface area is 163 Å². The Morgan fingerprint density at radius 2 is 1.96 bits per heavy atom. The predicted molar refractivity (Wildman–Crippen MR) is 104 cm³/mol. The highest BCUT2D eigenvalue weighted by molar-refractivity contribution is 6.03. The lowest BCUT2D eigenvalue weighted by Gasteiger charge is -2.25. The Hall–Kier alpha value is -2.89. The quantitative estimate of drug-likeness (QED) is 0.733. The second-order valence-electron chi connectivity index (χ2n) is 7.25. The van der Waals surface area contributed by atoms with Crippen LogP contribution in [0.4, 0.5) is 4.39 Å². The normalized spacial score (nSPS) is 18.4. The van der Waals surface area contributed by atoms with Gasteiger partial charge < -0.3 is 14.5 Å². The first kappa shape index (κ1) is 18.5. The largest absolute Gasteiger partial charge is 0.496 e. The molecule has 28 heavy (non-hydrogen) atoms. The summed E-state index contributed by atoms with van der Waals surface area (Å²) in [6.45, 7) is 0.623. The van der Waals surface area contributed by atoms with Gasteiger partial charge in [-0.1, -0.05) is 35.5 Å². The van der Waals surface area contributed by atoms with Crippen molar-refractivity contribution in [1.82, 2.24) is 4.90 Å². The molecule has 0 aromatic heterocycles. The summed E-state index contributed by atoms with van der Waals surface area (Å²) in [6.07, 6.45) is 2.13. The van der Waals surface area contributed by atoms with Gasteiger partial charge in [-0.2, -0.15) is 0 Å². The van der Waals surface area contributed by atoms with E-state index in [0.29, 0.717) is 18.5 Å². The first-order valence-corrected chi connectivity index (χ1v) is 9.54. The fourth-order valence-corrected chi connectivity index (χ4v) is 3.47. The molecule has 1 amide bonds. The van der Waals surface area contributed by atoms with Crippen molar-refractivity contribution < 1.29 is 18.8 Å². The molecule has 2 aromatic carbocycles. The van der Waals surface area contributed by atoms with Crippen LogP contribution in [0.5, 0.6) is 5.75 Å². The monoisotopic (exact) mass is 382 g/mol. The Kier molecular flexibility index (Phi) is 5.28. The number of hydrogen-bond acceptors (Lipinski definition) is 4. The van der Waals surface area contributed by atoms with Crippen molar-refractivity contribution >= 4 is 11.6 Å². The molecule has 1 heterocycles. The number of hydrogen-bond donors (Lipinski definition) is 0. The molecule has 1 atom stereocenters. The molecule has 146 valence electrons. The summed E-state index contributed by atoms with van der Waals surface area (Å²) in [5.74, 6) is 0.567. The number of nitrogens with zero attached hydrogens (tertiary/aromatic N) is 2. The third-order valence-electron chi connectivity index (χ3n) is 5.13. The van der Waals surface area contributed by atoms with E-state index in [9.17, 15) is 9.18 Å². The second kappa shape index (κ2) is 8.00. The molecule has 2 aromatic rings. The maximum absolute atomic E-state index is 14.1. The smallest absolute Gasteiger partial charge is 0.226 e. The third-order valence-corrected chi connectivity index (χ3v) is 5.13. The van der Waals surface area contributed by atoms with Crippen LogP contribution in [0.3, 0.4) is 0 Å². The van der Waals surface area contributed by atoms with E-state index < -0.39 is 0 Å². The SMILES string of the molecule is COc1ccccc1C1=NO[C@H](CN(Cc2ccccc2F)C(=O)C2CC2)C1. The minimum Gasteiger partial charge on any atom is -0.496 e. The lowest BCUT2D eigenvalue weighted by molar-refractivity contribution is -0.135. The highest BCUT2D eigenvalue weighted by atomic mass is 19.1. The van der Waals surface area contributed by atoms with Crippen LogP contribution in [0.1, 0.15) is 30.4 Å². The molecule has 1 aliphatic carbocycles. The molecule has 0 N–H and O–H groups in total. The fourth-order valence-electron chi connectivity index (χ4n) is 3.47. The standard InChI is InChI=1S/C22H23FN2O3/c1-27-21-9-5-3-7-18(21)20-12-17(28-24-20)14-25(22(26)15-10-11-15)13-16-6-2-4-8-19(16)23/h2-9,15,17H,10-14H2,1H3/t17-/m0/s1. The van der Waals surface area contributed by atoms with Gasteiger partial charge in [0.2, 0.25) is 5.91 Å². The molecule has 2 aliphatic rings. The van der Waals surface area contributed by atoms with E-state index in [1.54, 1.807) is 30.2 Å². The van der Waals surface area contributed by atoms with E-state index in [-0.39, 0.29) is 30.3 Å². The van der Waals surface area contributed by atoms with E-state index in [1.165, 1.54) is 6.07 Å². The molecule has 0 radical (unpaired) electrons. The minimum absolute atomic E-state index is 0.0581. The van der Waals surface area contributed by atoms with Gasteiger partial charge in [0.05, 0.1) is 19.4 Å². The summed E-state index contributed by atoms with van der Waals surface area (Å²) in [6, 6.07) is 14.2. The predicted octanol–water partition coefficient (Wildman–Crippen LogP) is 3.77. The van der Waals surface area contributed by atoms with Crippen molar-refractivity contribution in [2.45, 2.75) is 31.9 Å². The van der Waals surface area contributed by atoms with E-state index >= 15 is 0 Å². The van der Waals surface area contributed by atoms with Gasteiger partial charge in [-0.05, 0) is 31.0 Å². The molecule has 0 saturated heterocycles. The van der Waals surface area contributed by atoms with Gasteiger partial charge in [0.1, 0.15) is 11.6 Å². The summed E-state index contributed by atoms with van der Waals surface area (Å²) in [4.78, 5) is 20.1. The van der Waals surface area contributed by atoms with Crippen molar-refractivity contribution in [3.63, 3.8) is 0 Å². The van der Waals surface area contributed by atoms with Crippen molar-refractivity contribution in [3.8, 4) is 5.75 Å². The van der Waals surface area contributed by atoms with Crippen LogP contribution in [0, 0.1) is 11.7 Å². The zero-order valence-corrected chi connectivity index (χ0v) is 15.8. The van der Waals surface area contributed by atoms with Crippen LogP contribution in [0.15, 0.2) is 53.7 Å². The van der Waals surface area contributed by atoms with Crippen molar-refractivity contribution in [2.24, 2.45) is 11.1 Å². The first-order valence-electron chi connectivity index (χ1n) is 9.54. The number of amides is 1. The Morgan fingerprint density at radius 1 is 1.21 bits per heavy atom. The number of benzene rings is 2. The van der Waals surface area contributed by atoms with Gasteiger partial charge in [-0.3, -0.25) is 4.79 Å². The molecule has 0 unspecified atom stereocenters. The highest BCUT2D eigenvalue weighted by Gasteiger charge is 2.36. The number of oxime groups is 1. The van der Waals surface area contributed by atoms with Crippen LogP contribution in [-0.2, 0) is 16.2 Å². The number of halogens is 1. The van der Waals surface area contributed by atoms with Gasteiger partial charge in [0.25, 0.3) is 0 Å². The van der Waals surface area contributed by atoms with Crippen molar-refractivity contribution in [2.75, 3.05) is 13.7 Å². The molecule has 6 heteroatoms. The number of ether oxygens (including phenoxy) is 1.